The minimum absolute atomic E-state index is 0.00915. The average Bonchev–Trinajstić information content (AvgIpc) is 3.13. The van der Waals surface area contributed by atoms with Crippen LogP contribution in [0.3, 0.4) is 0 Å². The molecule has 0 saturated heterocycles. The highest BCUT2D eigenvalue weighted by atomic mass is 32.2. The van der Waals surface area contributed by atoms with E-state index >= 15 is 0 Å². The van der Waals surface area contributed by atoms with Crippen LogP contribution < -0.4 is 10.0 Å². The molecule has 19 heavy (non-hydrogen) atoms. The normalized spacial score (nSPS) is 15.2. The van der Waals surface area contributed by atoms with Crippen LogP contribution in [0, 0.1) is 0 Å². The van der Waals surface area contributed by atoms with Crippen LogP contribution in [-0.2, 0) is 14.8 Å². The molecule has 1 fully saturated rings. The lowest BCUT2D eigenvalue weighted by molar-refractivity contribution is -0.121. The second-order valence-electron chi connectivity index (χ2n) is 4.46. The van der Waals surface area contributed by atoms with E-state index in [9.17, 15) is 18.3 Å². The first-order chi connectivity index (χ1) is 8.99. The average molecular weight is 284 g/mol. The van der Waals surface area contributed by atoms with Gasteiger partial charge in [0.1, 0.15) is 10.6 Å². The van der Waals surface area contributed by atoms with Gasteiger partial charge in [-0.3, -0.25) is 4.79 Å². The molecule has 1 aliphatic carbocycles. The van der Waals surface area contributed by atoms with Gasteiger partial charge in [-0.25, -0.2) is 13.1 Å². The van der Waals surface area contributed by atoms with Crippen molar-refractivity contribution in [2.75, 3.05) is 6.54 Å². The van der Waals surface area contributed by atoms with Gasteiger partial charge in [0.25, 0.3) is 0 Å². The number of nitrogens with one attached hydrogen (secondary N) is 2. The van der Waals surface area contributed by atoms with Crippen molar-refractivity contribution in [1.29, 1.82) is 0 Å². The number of benzene rings is 1. The van der Waals surface area contributed by atoms with Crippen molar-refractivity contribution >= 4 is 15.9 Å². The highest BCUT2D eigenvalue weighted by Gasteiger charge is 2.23. The molecule has 0 unspecified atom stereocenters. The first kappa shape index (κ1) is 13.8. The summed E-state index contributed by atoms with van der Waals surface area (Å²) in [6, 6.07) is 5.93. The molecule has 0 atom stereocenters. The van der Waals surface area contributed by atoms with Gasteiger partial charge >= 0.3 is 0 Å². The van der Waals surface area contributed by atoms with Gasteiger partial charge in [-0.1, -0.05) is 12.1 Å². The Morgan fingerprint density at radius 1 is 1.32 bits per heavy atom. The number of aromatic hydroxyl groups is 1. The Morgan fingerprint density at radius 3 is 2.63 bits per heavy atom. The van der Waals surface area contributed by atoms with Crippen LogP contribution in [0.5, 0.6) is 5.75 Å². The number of sulfonamides is 1. The van der Waals surface area contributed by atoms with Crippen LogP contribution in [0.25, 0.3) is 0 Å². The van der Waals surface area contributed by atoms with E-state index in [0.29, 0.717) is 0 Å². The van der Waals surface area contributed by atoms with E-state index in [2.05, 4.69) is 10.0 Å². The monoisotopic (exact) mass is 284 g/mol. The molecule has 0 radical (unpaired) electrons. The molecular weight excluding hydrogens is 268 g/mol. The third-order valence-corrected chi connectivity index (χ3v) is 4.25. The number of para-hydroxylation sites is 1. The summed E-state index contributed by atoms with van der Waals surface area (Å²) in [7, 11) is -3.78. The fourth-order valence-electron chi connectivity index (χ4n) is 1.59. The van der Waals surface area contributed by atoms with Gasteiger partial charge in [0.15, 0.2) is 0 Å². The molecule has 0 spiro atoms. The predicted molar refractivity (Wildman–Crippen MR) is 69.1 cm³/mol. The third-order valence-electron chi connectivity index (χ3n) is 2.74. The highest BCUT2D eigenvalue weighted by molar-refractivity contribution is 7.89. The van der Waals surface area contributed by atoms with Crippen molar-refractivity contribution in [1.82, 2.24) is 10.0 Å². The summed E-state index contributed by atoms with van der Waals surface area (Å²) in [6.45, 7) is 0.00915. The van der Waals surface area contributed by atoms with E-state index in [0.717, 1.165) is 12.8 Å². The second kappa shape index (κ2) is 5.58. The number of amides is 1. The molecule has 0 heterocycles. The maximum Gasteiger partial charge on any atom is 0.244 e. The van der Waals surface area contributed by atoms with Gasteiger partial charge < -0.3 is 10.4 Å². The van der Waals surface area contributed by atoms with E-state index in [1.165, 1.54) is 24.3 Å². The molecule has 0 aliphatic heterocycles. The van der Waals surface area contributed by atoms with Gasteiger partial charge in [-0.15, -0.1) is 0 Å². The van der Waals surface area contributed by atoms with Gasteiger partial charge in [-0.2, -0.15) is 0 Å². The zero-order valence-electron chi connectivity index (χ0n) is 10.3. The lowest BCUT2D eigenvalue weighted by Crippen LogP contribution is -2.31. The number of phenols is 1. The van der Waals surface area contributed by atoms with E-state index < -0.39 is 10.0 Å². The van der Waals surface area contributed by atoms with Crippen molar-refractivity contribution in [3.05, 3.63) is 24.3 Å². The summed E-state index contributed by atoms with van der Waals surface area (Å²) < 4.78 is 26.0. The molecule has 1 amide bonds. The summed E-state index contributed by atoms with van der Waals surface area (Å²) in [5, 5.41) is 12.3. The van der Waals surface area contributed by atoms with Crippen LogP contribution in [0.15, 0.2) is 29.2 Å². The fourth-order valence-corrected chi connectivity index (χ4v) is 2.72. The maximum absolute atomic E-state index is 11.9. The van der Waals surface area contributed by atoms with Crippen LogP contribution in [0.1, 0.15) is 19.3 Å². The second-order valence-corrected chi connectivity index (χ2v) is 6.19. The van der Waals surface area contributed by atoms with E-state index in [1.54, 1.807) is 0 Å². The molecule has 1 saturated carbocycles. The largest absolute Gasteiger partial charge is 0.507 e. The minimum Gasteiger partial charge on any atom is -0.507 e. The van der Waals surface area contributed by atoms with Crippen molar-refractivity contribution in [2.45, 2.75) is 30.2 Å². The number of carbonyl (C=O) groups excluding carboxylic acids is 1. The van der Waals surface area contributed by atoms with Gasteiger partial charge in [0.05, 0.1) is 0 Å². The summed E-state index contributed by atoms with van der Waals surface area (Å²) in [5.41, 5.74) is 0. The Balaban J connectivity index is 1.87. The smallest absolute Gasteiger partial charge is 0.244 e. The number of phenolic OH excluding ortho intramolecular Hbond substituents is 1. The number of carbonyl (C=O) groups is 1. The molecule has 6 nitrogen and oxygen atoms in total. The summed E-state index contributed by atoms with van der Waals surface area (Å²) >= 11 is 0. The zero-order chi connectivity index (χ0) is 13.9. The molecule has 7 heteroatoms. The van der Waals surface area contributed by atoms with E-state index in [4.69, 9.17) is 0 Å². The predicted octanol–water partition coefficient (Wildman–Crippen LogP) is 0.339. The van der Waals surface area contributed by atoms with Gasteiger partial charge in [0.2, 0.25) is 15.9 Å². The number of hydrogen-bond acceptors (Lipinski definition) is 4. The van der Waals surface area contributed by atoms with Crippen LogP contribution in [-0.4, -0.2) is 32.0 Å². The Labute approximate surface area is 111 Å². The van der Waals surface area contributed by atoms with Gasteiger partial charge in [0, 0.05) is 19.0 Å². The van der Waals surface area contributed by atoms with Crippen molar-refractivity contribution < 1.29 is 18.3 Å². The van der Waals surface area contributed by atoms with Crippen molar-refractivity contribution in [2.24, 2.45) is 0 Å². The molecule has 3 N–H and O–H groups in total. The Kier molecular flexibility index (Phi) is 4.06. The van der Waals surface area contributed by atoms with Crippen LogP contribution in [0.4, 0.5) is 0 Å². The van der Waals surface area contributed by atoms with E-state index in [1.807, 2.05) is 0 Å². The number of rotatable bonds is 6. The fraction of sp³-hybridized carbons (Fsp3) is 0.417. The summed E-state index contributed by atoms with van der Waals surface area (Å²) in [6.07, 6.45) is 2.08. The molecular formula is C12H16N2O4S. The highest BCUT2D eigenvalue weighted by Crippen LogP contribution is 2.21. The SMILES string of the molecule is O=C(CCNS(=O)(=O)c1ccccc1O)NC1CC1. The van der Waals surface area contributed by atoms with Crippen LogP contribution >= 0.6 is 0 Å². The first-order valence-corrected chi connectivity index (χ1v) is 7.54. The zero-order valence-corrected chi connectivity index (χ0v) is 11.1. The number of hydrogen-bond donors (Lipinski definition) is 3. The molecule has 2 rings (SSSR count). The van der Waals surface area contributed by atoms with Crippen molar-refractivity contribution in [3.8, 4) is 5.75 Å². The molecule has 1 aliphatic rings. The van der Waals surface area contributed by atoms with E-state index in [-0.39, 0.29) is 35.6 Å². The standard InChI is InChI=1S/C12H16N2O4S/c15-10-3-1-2-4-11(10)19(17,18)13-8-7-12(16)14-9-5-6-9/h1-4,9,13,15H,5-8H2,(H,14,16). The summed E-state index contributed by atoms with van der Waals surface area (Å²) in [4.78, 5) is 11.2. The van der Waals surface area contributed by atoms with Crippen molar-refractivity contribution in [3.63, 3.8) is 0 Å². The molecule has 104 valence electrons. The Bertz CT molecular complexity index is 567. The lowest BCUT2D eigenvalue weighted by Gasteiger charge is -2.08. The van der Waals surface area contributed by atoms with Gasteiger partial charge in [-0.05, 0) is 25.0 Å². The minimum atomic E-state index is -3.78. The lowest BCUT2D eigenvalue weighted by atomic mass is 10.3. The quantitative estimate of drug-likeness (QED) is 0.702. The first-order valence-electron chi connectivity index (χ1n) is 6.06. The Hall–Kier alpha value is -1.60. The Morgan fingerprint density at radius 2 is 2.00 bits per heavy atom. The van der Waals surface area contributed by atoms with Crippen LogP contribution in [0.2, 0.25) is 0 Å². The molecule has 1 aromatic rings. The molecule has 0 aromatic heterocycles. The molecule has 0 bridgehead atoms. The molecule has 1 aromatic carbocycles. The third kappa shape index (κ3) is 3.93. The summed E-state index contributed by atoms with van der Waals surface area (Å²) in [5.74, 6) is -0.472. The topological polar surface area (TPSA) is 95.5 Å². The maximum atomic E-state index is 11.9.